The molecule has 1 N–H and O–H groups in total. The van der Waals surface area contributed by atoms with Crippen LogP contribution in [0.3, 0.4) is 0 Å². The van der Waals surface area contributed by atoms with Crippen molar-refractivity contribution < 1.29 is 9.53 Å². The first kappa shape index (κ1) is 12.9. The van der Waals surface area contributed by atoms with Crippen LogP contribution in [0.1, 0.15) is 20.8 Å². The quantitative estimate of drug-likeness (QED) is 0.628. The van der Waals surface area contributed by atoms with Crippen molar-refractivity contribution in [2.45, 2.75) is 26.4 Å². The van der Waals surface area contributed by atoms with Crippen LogP contribution >= 0.6 is 0 Å². The Labute approximate surface area is 110 Å². The number of anilines is 1. The van der Waals surface area contributed by atoms with Crippen LogP contribution in [0.4, 0.5) is 10.5 Å². The second-order valence-corrected chi connectivity index (χ2v) is 5.05. The van der Waals surface area contributed by atoms with Crippen molar-refractivity contribution in [1.82, 2.24) is 9.78 Å². The molecule has 0 atom stereocenters. The first-order valence-electron chi connectivity index (χ1n) is 5.77. The number of fused-ring (bicyclic) bond motifs is 1. The minimum Gasteiger partial charge on any atom is -0.442 e. The largest absolute Gasteiger partial charge is 0.442 e. The highest BCUT2D eigenvalue weighted by Crippen LogP contribution is 2.20. The molecule has 0 saturated carbocycles. The summed E-state index contributed by atoms with van der Waals surface area (Å²) in [6.45, 7) is 5.37. The van der Waals surface area contributed by atoms with Crippen LogP contribution in [-0.2, 0) is 4.74 Å². The van der Waals surface area contributed by atoms with Gasteiger partial charge in [-0.2, -0.15) is 15.0 Å². The highest BCUT2D eigenvalue weighted by molar-refractivity contribution is 5.89. The molecule has 0 radical (unpaired) electrons. The summed E-state index contributed by atoms with van der Waals surface area (Å²) in [6.07, 6.45) is 2.87. The molecule has 1 aromatic carbocycles. The molecule has 98 valence electrons. The molecule has 0 spiro atoms. The molecule has 2 rings (SSSR count). The Morgan fingerprint density at radius 2 is 2.21 bits per heavy atom. The number of nitriles is 1. The Morgan fingerprint density at radius 3 is 2.84 bits per heavy atom. The number of carbonyl (C=O) groups is 1. The summed E-state index contributed by atoms with van der Waals surface area (Å²) in [4.78, 5) is 12.0. The first-order chi connectivity index (χ1) is 8.90. The van der Waals surface area contributed by atoms with Gasteiger partial charge in [0.1, 0.15) is 5.60 Å². The van der Waals surface area contributed by atoms with Crippen molar-refractivity contribution in [2.24, 2.45) is 0 Å². The van der Waals surface area contributed by atoms with Gasteiger partial charge in [-0.1, -0.05) is 0 Å². The maximum Gasteiger partial charge on any atom is 0.435 e. The SMILES string of the molecule is CC(C)(C)OC(=O)n1ncc2ccc(NC#N)cc21. The van der Waals surface area contributed by atoms with Crippen LogP contribution in [-0.4, -0.2) is 21.5 Å². The summed E-state index contributed by atoms with van der Waals surface area (Å²) < 4.78 is 6.45. The number of carbonyl (C=O) groups excluding carboxylic acids is 1. The fraction of sp³-hybridized carbons (Fsp3) is 0.308. The molecule has 19 heavy (non-hydrogen) atoms. The Kier molecular flexibility index (Phi) is 3.13. The van der Waals surface area contributed by atoms with Crippen LogP contribution in [0, 0.1) is 11.5 Å². The van der Waals surface area contributed by atoms with E-state index in [4.69, 9.17) is 10.00 Å². The number of hydrogen-bond donors (Lipinski definition) is 1. The van der Waals surface area contributed by atoms with E-state index in [9.17, 15) is 4.79 Å². The molecule has 0 amide bonds. The minimum atomic E-state index is -0.585. The summed E-state index contributed by atoms with van der Waals surface area (Å²) in [7, 11) is 0. The van der Waals surface area contributed by atoms with Gasteiger partial charge in [0.15, 0.2) is 6.19 Å². The summed E-state index contributed by atoms with van der Waals surface area (Å²) in [5.41, 5.74) is 0.604. The third-order valence-electron chi connectivity index (χ3n) is 2.34. The second-order valence-electron chi connectivity index (χ2n) is 5.05. The lowest BCUT2D eigenvalue weighted by atomic mass is 10.2. The zero-order valence-corrected chi connectivity index (χ0v) is 11.0. The zero-order valence-electron chi connectivity index (χ0n) is 11.0. The van der Waals surface area contributed by atoms with Crippen molar-refractivity contribution in [3.05, 3.63) is 24.4 Å². The number of aromatic nitrogens is 2. The molecule has 0 aliphatic rings. The van der Waals surface area contributed by atoms with Crippen LogP contribution in [0.2, 0.25) is 0 Å². The summed E-state index contributed by atoms with van der Waals surface area (Å²) in [5.74, 6) is 0. The first-order valence-corrected chi connectivity index (χ1v) is 5.77. The van der Waals surface area contributed by atoms with Gasteiger partial charge >= 0.3 is 6.09 Å². The number of nitrogens with one attached hydrogen (secondary N) is 1. The van der Waals surface area contributed by atoms with Crippen molar-refractivity contribution in [3.8, 4) is 6.19 Å². The number of rotatable bonds is 1. The third kappa shape index (κ3) is 2.83. The molecule has 6 heteroatoms. The average molecular weight is 258 g/mol. The number of benzene rings is 1. The fourth-order valence-corrected chi connectivity index (χ4v) is 1.61. The number of nitrogens with zero attached hydrogens (tertiary/aromatic N) is 3. The van der Waals surface area contributed by atoms with E-state index in [-0.39, 0.29) is 0 Å². The van der Waals surface area contributed by atoms with E-state index in [1.165, 1.54) is 4.68 Å². The molecule has 6 nitrogen and oxygen atoms in total. The Bertz CT molecular complexity index is 661. The maximum absolute atomic E-state index is 12.0. The van der Waals surface area contributed by atoms with Gasteiger partial charge in [0.25, 0.3) is 0 Å². The predicted octanol–water partition coefficient (Wildman–Crippen LogP) is 2.71. The van der Waals surface area contributed by atoms with Gasteiger partial charge in [-0.3, -0.25) is 5.32 Å². The van der Waals surface area contributed by atoms with Crippen LogP contribution in [0.15, 0.2) is 24.4 Å². The molecule has 0 saturated heterocycles. The van der Waals surface area contributed by atoms with Gasteiger partial charge in [-0.25, -0.2) is 4.79 Å². The highest BCUT2D eigenvalue weighted by Gasteiger charge is 2.20. The van der Waals surface area contributed by atoms with Crippen LogP contribution < -0.4 is 5.32 Å². The summed E-state index contributed by atoms with van der Waals surface area (Å²) in [5, 5.41) is 15.9. The van der Waals surface area contributed by atoms with Crippen LogP contribution in [0.25, 0.3) is 10.9 Å². The van der Waals surface area contributed by atoms with Crippen molar-refractivity contribution in [1.29, 1.82) is 5.26 Å². The lowest BCUT2D eigenvalue weighted by molar-refractivity contribution is 0.0523. The standard InChI is InChI=1S/C13H14N4O2/c1-13(2,3)19-12(18)17-11-6-10(15-8-14)5-4-9(11)7-16-17/h4-7,15H,1-3H3. The van der Waals surface area contributed by atoms with E-state index in [1.807, 2.05) is 6.19 Å². The van der Waals surface area contributed by atoms with Gasteiger partial charge in [-0.15, -0.1) is 0 Å². The molecule has 1 heterocycles. The van der Waals surface area contributed by atoms with Gasteiger partial charge in [0.2, 0.25) is 0 Å². The van der Waals surface area contributed by atoms with Gasteiger partial charge in [-0.05, 0) is 39.0 Å². The Morgan fingerprint density at radius 1 is 1.47 bits per heavy atom. The molecule has 0 unspecified atom stereocenters. The van der Waals surface area contributed by atoms with Gasteiger partial charge in [0, 0.05) is 11.1 Å². The van der Waals surface area contributed by atoms with E-state index in [0.717, 1.165) is 5.39 Å². The normalized spacial score (nSPS) is 11.1. The molecule has 0 fully saturated rings. The molecule has 0 bridgehead atoms. The smallest absolute Gasteiger partial charge is 0.435 e. The van der Waals surface area contributed by atoms with Crippen molar-refractivity contribution in [2.75, 3.05) is 5.32 Å². The number of hydrogen-bond acceptors (Lipinski definition) is 5. The molecule has 2 aromatic rings. The number of ether oxygens (including phenoxy) is 1. The highest BCUT2D eigenvalue weighted by atomic mass is 16.6. The lowest BCUT2D eigenvalue weighted by Crippen LogP contribution is -2.27. The third-order valence-corrected chi connectivity index (χ3v) is 2.34. The van der Waals surface area contributed by atoms with Crippen LogP contribution in [0.5, 0.6) is 0 Å². The van der Waals surface area contributed by atoms with E-state index in [1.54, 1.807) is 45.2 Å². The Balaban J connectivity index is 2.41. The van der Waals surface area contributed by atoms with Crippen molar-refractivity contribution >= 4 is 22.7 Å². The molecule has 1 aromatic heterocycles. The topological polar surface area (TPSA) is 79.9 Å². The van der Waals surface area contributed by atoms with E-state index >= 15 is 0 Å². The molecular weight excluding hydrogens is 244 g/mol. The Hall–Kier alpha value is -2.55. The van der Waals surface area contributed by atoms with Gasteiger partial charge < -0.3 is 4.74 Å². The fourth-order valence-electron chi connectivity index (χ4n) is 1.61. The second kappa shape index (κ2) is 4.61. The summed E-state index contributed by atoms with van der Waals surface area (Å²) >= 11 is 0. The van der Waals surface area contributed by atoms with E-state index in [2.05, 4.69) is 10.4 Å². The van der Waals surface area contributed by atoms with E-state index in [0.29, 0.717) is 11.2 Å². The maximum atomic E-state index is 12.0. The lowest BCUT2D eigenvalue weighted by Gasteiger charge is -2.19. The molecular formula is C13H14N4O2. The average Bonchev–Trinajstić information content (AvgIpc) is 2.70. The summed E-state index contributed by atoms with van der Waals surface area (Å²) in [6, 6.07) is 5.20. The zero-order chi connectivity index (χ0) is 14.0. The molecule has 0 aliphatic carbocycles. The minimum absolute atomic E-state index is 0.545. The monoisotopic (exact) mass is 258 g/mol. The van der Waals surface area contributed by atoms with Crippen molar-refractivity contribution in [3.63, 3.8) is 0 Å². The van der Waals surface area contributed by atoms with E-state index < -0.39 is 11.7 Å². The van der Waals surface area contributed by atoms with Gasteiger partial charge in [0.05, 0.1) is 11.7 Å². The predicted molar refractivity (Wildman–Crippen MR) is 70.6 cm³/mol. The molecule has 0 aliphatic heterocycles.